The van der Waals surface area contributed by atoms with Gasteiger partial charge >= 0.3 is 0 Å². The summed E-state index contributed by atoms with van der Waals surface area (Å²) in [6.45, 7) is 10.6. The van der Waals surface area contributed by atoms with Gasteiger partial charge in [0.25, 0.3) is 5.91 Å². The fraction of sp³-hybridized carbons (Fsp3) is 0.435. The van der Waals surface area contributed by atoms with E-state index in [1.807, 2.05) is 38.7 Å². The Morgan fingerprint density at radius 1 is 1.27 bits per heavy atom. The molecule has 3 aromatic rings. The van der Waals surface area contributed by atoms with Crippen molar-refractivity contribution in [3.8, 4) is 11.3 Å². The van der Waals surface area contributed by atoms with E-state index in [-0.39, 0.29) is 22.8 Å². The van der Waals surface area contributed by atoms with Gasteiger partial charge in [0.1, 0.15) is 22.2 Å². The molecule has 3 rings (SSSR count). The molecule has 0 aliphatic rings. The molecule has 1 amide bonds. The largest absolute Gasteiger partial charge is 0.335 e. The lowest BCUT2D eigenvalue weighted by Gasteiger charge is -2.28. The summed E-state index contributed by atoms with van der Waals surface area (Å²) in [5.74, 6) is -0.510. The van der Waals surface area contributed by atoms with E-state index in [9.17, 15) is 9.18 Å². The molecule has 5 nitrogen and oxygen atoms in total. The molecule has 0 spiro atoms. The second-order valence-corrected chi connectivity index (χ2v) is 8.00. The number of rotatable bonds is 7. The van der Waals surface area contributed by atoms with Gasteiger partial charge in [-0.2, -0.15) is 5.10 Å². The van der Waals surface area contributed by atoms with Crippen molar-refractivity contribution in [2.24, 2.45) is 0 Å². The molecule has 0 saturated heterocycles. The van der Waals surface area contributed by atoms with Crippen molar-refractivity contribution in [3.05, 3.63) is 52.1 Å². The molecule has 1 aromatic carbocycles. The summed E-state index contributed by atoms with van der Waals surface area (Å²) in [5.41, 5.74) is 2.97. The van der Waals surface area contributed by atoms with Gasteiger partial charge in [-0.1, -0.05) is 38.4 Å². The second kappa shape index (κ2) is 9.13. The van der Waals surface area contributed by atoms with E-state index in [0.29, 0.717) is 35.6 Å². The van der Waals surface area contributed by atoms with Gasteiger partial charge in [-0.25, -0.2) is 13.9 Å². The number of aromatic nitrogens is 3. The normalized spacial score (nSPS) is 12.4. The molecule has 0 bridgehead atoms. The number of hydrogen-bond acceptors (Lipinski definition) is 3. The van der Waals surface area contributed by atoms with Gasteiger partial charge in [-0.3, -0.25) is 4.79 Å². The predicted octanol–water partition coefficient (Wildman–Crippen LogP) is 5.71. The molecule has 2 aromatic heterocycles. The Hall–Kier alpha value is -2.47. The Bertz CT molecular complexity index is 1080. The first kappa shape index (κ1) is 22.2. The summed E-state index contributed by atoms with van der Waals surface area (Å²) < 4.78 is 16.2. The van der Waals surface area contributed by atoms with Gasteiger partial charge in [0, 0.05) is 23.8 Å². The standard InChI is InChI=1S/C23H28ClFN4O/c1-6-11-28(15(5)7-2)23(30)19-13-16(8-3)29-22(26-19)20(24)21(27-29)17-10-9-14(4)12-18(17)25/h9-10,12-13,15H,6-8,11H2,1-5H3. The van der Waals surface area contributed by atoms with Gasteiger partial charge in [0.05, 0.1) is 0 Å². The molecule has 0 N–H and O–H groups in total. The van der Waals surface area contributed by atoms with E-state index in [4.69, 9.17) is 11.6 Å². The van der Waals surface area contributed by atoms with Gasteiger partial charge in [-0.15, -0.1) is 0 Å². The first-order valence-electron chi connectivity index (χ1n) is 10.5. The van der Waals surface area contributed by atoms with Crippen LogP contribution in [0.1, 0.15) is 62.3 Å². The van der Waals surface area contributed by atoms with Crippen LogP contribution in [0.3, 0.4) is 0 Å². The van der Waals surface area contributed by atoms with Gasteiger partial charge in [0.2, 0.25) is 0 Å². The average Bonchev–Trinajstić information content (AvgIpc) is 3.06. The molecule has 1 atom stereocenters. The molecule has 160 valence electrons. The summed E-state index contributed by atoms with van der Waals surface area (Å²) in [5, 5.41) is 4.78. The van der Waals surface area contributed by atoms with E-state index < -0.39 is 0 Å². The fourth-order valence-electron chi connectivity index (χ4n) is 3.53. The van der Waals surface area contributed by atoms with Gasteiger partial charge < -0.3 is 4.90 Å². The molecule has 0 aliphatic heterocycles. The Labute approximate surface area is 181 Å². The Morgan fingerprint density at radius 2 is 2.00 bits per heavy atom. The van der Waals surface area contributed by atoms with Crippen molar-refractivity contribution in [1.82, 2.24) is 19.5 Å². The number of benzene rings is 1. The molecule has 1 unspecified atom stereocenters. The van der Waals surface area contributed by atoms with Crippen LogP contribution < -0.4 is 0 Å². The van der Waals surface area contributed by atoms with Crippen molar-refractivity contribution >= 4 is 23.2 Å². The maximum atomic E-state index is 14.6. The first-order chi connectivity index (χ1) is 14.3. The zero-order valence-corrected chi connectivity index (χ0v) is 18.9. The topological polar surface area (TPSA) is 50.5 Å². The lowest BCUT2D eigenvalue weighted by atomic mass is 10.1. The average molecular weight is 431 g/mol. The SMILES string of the molecule is CCCN(C(=O)c1cc(CC)n2nc(-c3ccc(C)cc3F)c(Cl)c2n1)C(C)CC. The van der Waals surface area contributed by atoms with Crippen LogP contribution in [0.2, 0.25) is 5.02 Å². The number of nitrogens with zero attached hydrogens (tertiary/aromatic N) is 4. The monoisotopic (exact) mass is 430 g/mol. The van der Waals surface area contributed by atoms with Gasteiger partial charge in [-0.05, 0) is 56.9 Å². The molecular weight excluding hydrogens is 403 g/mol. The zero-order valence-electron chi connectivity index (χ0n) is 18.2. The smallest absolute Gasteiger partial charge is 0.272 e. The minimum Gasteiger partial charge on any atom is -0.335 e. The minimum absolute atomic E-state index is 0.109. The number of amides is 1. The summed E-state index contributed by atoms with van der Waals surface area (Å²) >= 11 is 6.60. The third-order valence-electron chi connectivity index (χ3n) is 5.42. The molecule has 30 heavy (non-hydrogen) atoms. The van der Waals surface area contributed by atoms with Crippen molar-refractivity contribution in [2.75, 3.05) is 6.54 Å². The Kier molecular flexibility index (Phi) is 6.76. The van der Waals surface area contributed by atoms with E-state index in [2.05, 4.69) is 17.0 Å². The number of halogens is 2. The van der Waals surface area contributed by atoms with Crippen molar-refractivity contribution in [3.63, 3.8) is 0 Å². The third kappa shape index (κ3) is 4.06. The third-order valence-corrected chi connectivity index (χ3v) is 5.76. The van der Waals surface area contributed by atoms with E-state index in [0.717, 1.165) is 24.1 Å². The van der Waals surface area contributed by atoms with E-state index in [1.54, 1.807) is 16.6 Å². The molecule has 0 saturated carbocycles. The maximum Gasteiger partial charge on any atom is 0.272 e. The molecule has 2 heterocycles. The summed E-state index contributed by atoms with van der Waals surface area (Å²) in [7, 11) is 0. The van der Waals surface area contributed by atoms with Crippen molar-refractivity contribution in [1.29, 1.82) is 0 Å². The fourth-order valence-corrected chi connectivity index (χ4v) is 3.79. The molecule has 0 radical (unpaired) electrons. The van der Waals surface area contributed by atoms with Crippen LogP contribution in [0.15, 0.2) is 24.3 Å². The predicted molar refractivity (Wildman–Crippen MR) is 119 cm³/mol. The highest BCUT2D eigenvalue weighted by molar-refractivity contribution is 6.36. The summed E-state index contributed by atoms with van der Waals surface area (Å²) in [6, 6.07) is 6.81. The molecular formula is C23H28ClFN4O. The molecule has 7 heteroatoms. The summed E-state index contributed by atoms with van der Waals surface area (Å²) in [6.07, 6.45) is 2.35. The van der Waals surface area contributed by atoms with Gasteiger partial charge in [0.15, 0.2) is 5.65 Å². The van der Waals surface area contributed by atoms with Crippen molar-refractivity contribution in [2.45, 2.75) is 59.9 Å². The number of fused-ring (bicyclic) bond motifs is 1. The number of carbonyl (C=O) groups excluding carboxylic acids is 1. The van der Waals surface area contributed by atoms with Crippen LogP contribution in [-0.2, 0) is 6.42 Å². The molecule has 0 fully saturated rings. The highest BCUT2D eigenvalue weighted by Gasteiger charge is 2.25. The number of hydrogen-bond donors (Lipinski definition) is 0. The lowest BCUT2D eigenvalue weighted by Crippen LogP contribution is -2.39. The summed E-state index contributed by atoms with van der Waals surface area (Å²) in [4.78, 5) is 19.7. The first-order valence-corrected chi connectivity index (χ1v) is 10.9. The van der Waals surface area contributed by atoms with Crippen LogP contribution in [0, 0.1) is 12.7 Å². The van der Waals surface area contributed by atoms with Crippen LogP contribution in [0.25, 0.3) is 16.9 Å². The van der Waals surface area contributed by atoms with Crippen LogP contribution in [0.4, 0.5) is 4.39 Å². The zero-order chi connectivity index (χ0) is 22.0. The van der Waals surface area contributed by atoms with Crippen LogP contribution >= 0.6 is 11.6 Å². The number of aryl methyl sites for hydroxylation is 2. The van der Waals surface area contributed by atoms with Crippen LogP contribution in [-0.4, -0.2) is 38.0 Å². The van der Waals surface area contributed by atoms with E-state index in [1.165, 1.54) is 6.07 Å². The van der Waals surface area contributed by atoms with E-state index >= 15 is 0 Å². The second-order valence-electron chi connectivity index (χ2n) is 7.62. The minimum atomic E-state index is -0.388. The maximum absolute atomic E-state index is 14.6. The molecule has 0 aliphatic carbocycles. The lowest BCUT2D eigenvalue weighted by molar-refractivity contribution is 0.0682. The quantitative estimate of drug-likeness (QED) is 0.482. The highest BCUT2D eigenvalue weighted by Crippen LogP contribution is 2.32. The van der Waals surface area contributed by atoms with Crippen molar-refractivity contribution < 1.29 is 9.18 Å². The Morgan fingerprint density at radius 3 is 2.60 bits per heavy atom. The Balaban J connectivity index is 2.16. The highest BCUT2D eigenvalue weighted by atomic mass is 35.5. The van der Waals surface area contributed by atoms with Crippen LogP contribution in [0.5, 0.6) is 0 Å². The number of carbonyl (C=O) groups is 1.